The number of nitrogens with zero attached hydrogens (tertiary/aromatic N) is 3. The average Bonchev–Trinajstić information content (AvgIpc) is 3.69. The van der Waals surface area contributed by atoms with Crippen molar-refractivity contribution >= 4 is 29.6 Å². The average molecular weight is 753 g/mol. The summed E-state index contributed by atoms with van der Waals surface area (Å²) in [4.78, 5) is 67.1. The summed E-state index contributed by atoms with van der Waals surface area (Å²) < 4.78 is 17.1. The Morgan fingerprint density at radius 3 is 2.18 bits per heavy atom. The minimum Gasteiger partial charge on any atom is -0.508 e. The second-order valence-corrected chi connectivity index (χ2v) is 14.0. The van der Waals surface area contributed by atoms with E-state index in [4.69, 9.17) is 14.2 Å². The molecule has 0 saturated carbocycles. The third-order valence-electron chi connectivity index (χ3n) is 11.0. The number of carbonyl (C=O) groups excluding carboxylic acids is 4. The van der Waals surface area contributed by atoms with Crippen molar-refractivity contribution in [1.29, 1.82) is 0 Å². The summed E-state index contributed by atoms with van der Waals surface area (Å²) in [5, 5.41) is 13.5. The van der Waals surface area contributed by atoms with Gasteiger partial charge in [-0.25, -0.2) is 9.69 Å². The number of rotatable bonds is 10. The van der Waals surface area contributed by atoms with Crippen molar-refractivity contribution in [3.63, 3.8) is 0 Å². The lowest BCUT2D eigenvalue weighted by Crippen LogP contribution is -2.56. The number of benzene rings is 4. The Bertz CT molecular complexity index is 2220. The highest BCUT2D eigenvalue weighted by Gasteiger charge is 2.75. The maximum Gasteiger partial charge on any atom is 0.421 e. The van der Waals surface area contributed by atoms with Crippen molar-refractivity contribution < 1.29 is 38.5 Å². The van der Waals surface area contributed by atoms with Crippen LogP contribution in [0, 0.1) is 5.92 Å². The first-order chi connectivity index (χ1) is 27.4. The van der Waals surface area contributed by atoms with Gasteiger partial charge in [0.15, 0.2) is 0 Å². The Hall–Kier alpha value is -6.37. The molecule has 2 fully saturated rings. The first-order valence-corrected chi connectivity index (χ1v) is 18.5. The molecule has 3 aliphatic rings. The number of hydrogen-bond acceptors (Lipinski definition) is 10. The van der Waals surface area contributed by atoms with Crippen LogP contribution >= 0.6 is 0 Å². The molecule has 5 aromatic rings. The molecule has 12 heteroatoms. The number of cyclic esters (lactones) is 1. The van der Waals surface area contributed by atoms with Gasteiger partial charge in [-0.2, -0.15) is 0 Å². The van der Waals surface area contributed by atoms with Gasteiger partial charge in [0.25, 0.3) is 0 Å². The van der Waals surface area contributed by atoms with E-state index in [9.17, 15) is 14.7 Å². The molecule has 3 aliphatic heterocycles. The van der Waals surface area contributed by atoms with Crippen molar-refractivity contribution in [2.45, 2.75) is 36.1 Å². The molecular formula is C44H40N4O8. The van der Waals surface area contributed by atoms with E-state index in [0.29, 0.717) is 17.5 Å². The first kappa shape index (κ1) is 36.6. The van der Waals surface area contributed by atoms with E-state index in [-0.39, 0.29) is 31.2 Å². The number of morpholine rings is 1. The van der Waals surface area contributed by atoms with Gasteiger partial charge in [-0.3, -0.25) is 24.3 Å². The number of carbonyl (C=O) groups is 4. The lowest BCUT2D eigenvalue weighted by Gasteiger charge is -2.46. The molecule has 1 aromatic heterocycles. The highest BCUT2D eigenvalue weighted by molar-refractivity contribution is 6.23. The van der Waals surface area contributed by atoms with Crippen LogP contribution in [0.15, 0.2) is 134 Å². The summed E-state index contributed by atoms with van der Waals surface area (Å²) in [5.41, 5.74) is 1.51. The van der Waals surface area contributed by atoms with Crippen molar-refractivity contribution in [2.75, 3.05) is 31.8 Å². The number of ether oxygens (including phenoxy) is 3. The molecule has 0 unspecified atom stereocenters. The van der Waals surface area contributed by atoms with Gasteiger partial charge in [-0.1, -0.05) is 97.1 Å². The van der Waals surface area contributed by atoms with Gasteiger partial charge >= 0.3 is 12.1 Å². The van der Waals surface area contributed by atoms with Crippen LogP contribution in [0.4, 0.5) is 10.5 Å². The molecule has 2 saturated heterocycles. The number of amides is 3. The van der Waals surface area contributed by atoms with E-state index < -0.39 is 59.4 Å². The van der Waals surface area contributed by atoms with Crippen LogP contribution in [0.25, 0.3) is 0 Å². The molecule has 0 aliphatic carbocycles. The predicted molar refractivity (Wildman–Crippen MR) is 204 cm³/mol. The molecule has 2 N–H and O–H groups in total. The molecule has 0 radical (unpaired) electrons. The molecule has 56 heavy (non-hydrogen) atoms. The molecule has 1 spiro atoms. The van der Waals surface area contributed by atoms with Crippen LogP contribution in [-0.2, 0) is 40.4 Å². The number of aromatic nitrogens is 1. The molecule has 0 bridgehead atoms. The summed E-state index contributed by atoms with van der Waals surface area (Å²) in [6, 6.07) is 34.5. The van der Waals surface area contributed by atoms with Gasteiger partial charge in [0.2, 0.25) is 11.8 Å². The highest BCUT2D eigenvalue weighted by Crippen LogP contribution is 2.65. The number of para-hydroxylation sites is 1. The molecule has 12 nitrogen and oxygen atoms in total. The highest BCUT2D eigenvalue weighted by atomic mass is 16.6. The fourth-order valence-corrected chi connectivity index (χ4v) is 8.75. The summed E-state index contributed by atoms with van der Waals surface area (Å²) >= 11 is 0. The van der Waals surface area contributed by atoms with Crippen LogP contribution in [0.3, 0.4) is 0 Å². The zero-order valence-electron chi connectivity index (χ0n) is 30.6. The Morgan fingerprint density at radius 2 is 1.48 bits per heavy atom. The van der Waals surface area contributed by atoms with E-state index in [2.05, 4.69) is 10.3 Å². The molecule has 4 aromatic carbocycles. The van der Waals surface area contributed by atoms with Crippen LogP contribution in [0.2, 0.25) is 0 Å². The smallest absolute Gasteiger partial charge is 0.421 e. The molecule has 6 atom stereocenters. The molecule has 4 heterocycles. The lowest BCUT2D eigenvalue weighted by molar-refractivity contribution is -0.178. The number of anilines is 1. The molecular weight excluding hydrogens is 713 g/mol. The molecule has 284 valence electrons. The maximum atomic E-state index is 15.7. The van der Waals surface area contributed by atoms with Crippen molar-refractivity contribution in [3.05, 3.63) is 162 Å². The Labute approximate surface area is 323 Å². The number of pyridine rings is 1. The first-order valence-electron chi connectivity index (χ1n) is 18.5. The van der Waals surface area contributed by atoms with E-state index in [1.54, 1.807) is 48.7 Å². The van der Waals surface area contributed by atoms with Gasteiger partial charge < -0.3 is 24.6 Å². The SMILES string of the molecule is COCCOC(=O)N1C(=O)[C@@]2(c3ccccc31)[C@H](C(=O)NCCc1ccccn1)[C@H]1C(=O)O[C@H](c3ccccc3)[C@H](c3ccccc3)N1[C@@H]2c1ccc(O)cc1. The number of aromatic hydroxyl groups is 1. The second kappa shape index (κ2) is 15.4. The van der Waals surface area contributed by atoms with E-state index >= 15 is 9.59 Å². The van der Waals surface area contributed by atoms with Crippen molar-refractivity contribution in [3.8, 4) is 5.75 Å². The topological polar surface area (TPSA) is 148 Å². The van der Waals surface area contributed by atoms with Crippen molar-refractivity contribution in [2.24, 2.45) is 5.92 Å². The van der Waals surface area contributed by atoms with Gasteiger partial charge in [-0.05, 0) is 52.6 Å². The molecule has 8 rings (SSSR count). The van der Waals surface area contributed by atoms with Gasteiger partial charge in [-0.15, -0.1) is 0 Å². The third kappa shape index (κ3) is 6.16. The standard InChI is InChI=1S/C44H40N4O8/c1-54-26-27-55-43(53)47-34-18-9-8-17-33(34)44(42(47)52)35(40(50)46-25-23-31-16-10-11-24-45-31)37-41(51)56-38(29-14-6-3-7-15-29)36(28-12-4-2-5-13-28)48(37)39(44)30-19-21-32(49)22-20-30/h2-22,24,35-39,49H,23,25-27H2,1H3,(H,46,50)/t35-,36-,37-,38+,39+,44-/m0/s1. The fourth-order valence-electron chi connectivity index (χ4n) is 8.75. The van der Waals surface area contributed by atoms with Crippen LogP contribution in [-0.4, -0.2) is 71.8 Å². The van der Waals surface area contributed by atoms with Gasteiger partial charge in [0.1, 0.15) is 29.9 Å². The zero-order valence-corrected chi connectivity index (χ0v) is 30.6. The Kier molecular flexibility index (Phi) is 10.1. The number of nitrogens with one attached hydrogen (secondary N) is 1. The largest absolute Gasteiger partial charge is 0.508 e. The van der Waals surface area contributed by atoms with E-state index in [0.717, 1.165) is 21.7 Å². The van der Waals surface area contributed by atoms with Crippen LogP contribution < -0.4 is 10.2 Å². The Morgan fingerprint density at radius 1 is 0.804 bits per heavy atom. The summed E-state index contributed by atoms with van der Waals surface area (Å²) in [5.74, 6) is -3.41. The number of methoxy groups -OCH3 is 1. The monoisotopic (exact) mass is 752 g/mol. The van der Waals surface area contributed by atoms with Crippen LogP contribution in [0.5, 0.6) is 5.75 Å². The number of esters is 1. The van der Waals surface area contributed by atoms with Gasteiger partial charge in [0.05, 0.1) is 30.3 Å². The summed E-state index contributed by atoms with van der Waals surface area (Å²) in [6.45, 7) is 0.129. The second-order valence-electron chi connectivity index (χ2n) is 14.0. The summed E-state index contributed by atoms with van der Waals surface area (Å²) in [7, 11) is 1.47. The lowest BCUT2D eigenvalue weighted by atomic mass is 9.65. The number of hydrogen-bond donors (Lipinski definition) is 2. The zero-order chi connectivity index (χ0) is 38.8. The molecule has 3 amide bonds. The van der Waals surface area contributed by atoms with Gasteiger partial charge in [0, 0.05) is 32.0 Å². The quantitative estimate of drug-likeness (QED) is 0.137. The van der Waals surface area contributed by atoms with Crippen LogP contribution in [0.1, 0.15) is 46.1 Å². The number of phenolic OH excluding ortho intramolecular Hbond substituents is 1. The predicted octanol–water partition coefficient (Wildman–Crippen LogP) is 5.59. The minimum absolute atomic E-state index is 0.0116. The van der Waals surface area contributed by atoms with E-state index in [1.165, 1.54) is 19.2 Å². The summed E-state index contributed by atoms with van der Waals surface area (Å²) in [6.07, 6.45) is 0.261. The van der Waals surface area contributed by atoms with Crippen molar-refractivity contribution in [1.82, 2.24) is 15.2 Å². The number of phenols is 1. The maximum absolute atomic E-state index is 15.7. The fraction of sp³-hybridized carbons (Fsp3) is 0.250. The normalized spacial score (nSPS) is 24.0. The Balaban J connectivity index is 1.37. The minimum atomic E-state index is -1.88. The number of imide groups is 1. The number of fused-ring (bicyclic) bond motifs is 3. The third-order valence-corrected chi connectivity index (χ3v) is 11.0. The van der Waals surface area contributed by atoms with E-state index in [1.807, 2.05) is 77.7 Å².